The highest BCUT2D eigenvalue weighted by molar-refractivity contribution is 5.76. The molecule has 0 bridgehead atoms. The van der Waals surface area contributed by atoms with Crippen molar-refractivity contribution in [1.82, 2.24) is 5.32 Å². The Hall–Kier alpha value is -2.11. The van der Waals surface area contributed by atoms with Crippen LogP contribution in [0.3, 0.4) is 0 Å². The van der Waals surface area contributed by atoms with E-state index in [1.807, 2.05) is 0 Å². The number of aryl methyl sites for hydroxylation is 1. The van der Waals surface area contributed by atoms with Crippen LogP contribution in [0.4, 0.5) is 4.39 Å². The molecule has 0 aliphatic rings. The molecule has 5 nitrogen and oxygen atoms in total. The Balaban J connectivity index is 2.37. The van der Waals surface area contributed by atoms with Crippen LogP contribution in [0.25, 0.3) is 0 Å². The third-order valence-electron chi connectivity index (χ3n) is 3.51. The van der Waals surface area contributed by atoms with Gasteiger partial charge in [0.2, 0.25) is 5.91 Å². The van der Waals surface area contributed by atoms with E-state index in [1.165, 1.54) is 19.2 Å². The molecule has 0 heterocycles. The van der Waals surface area contributed by atoms with Crippen molar-refractivity contribution in [3.63, 3.8) is 0 Å². The Bertz CT molecular complexity index is 543. The third-order valence-corrected chi connectivity index (χ3v) is 3.51. The summed E-state index contributed by atoms with van der Waals surface area (Å²) < 4.78 is 18.3. The maximum Gasteiger partial charge on any atom is 0.309 e. The lowest BCUT2D eigenvalue weighted by Crippen LogP contribution is -2.32. The van der Waals surface area contributed by atoms with Crippen LogP contribution >= 0.6 is 0 Å². The monoisotopic (exact) mass is 311 g/mol. The van der Waals surface area contributed by atoms with Gasteiger partial charge >= 0.3 is 5.97 Å². The van der Waals surface area contributed by atoms with Crippen molar-refractivity contribution in [3.05, 3.63) is 29.6 Å². The molecule has 122 valence electrons. The number of carboxylic acid groups (broad SMARTS) is 1. The normalized spacial score (nSPS) is 11.1. The fraction of sp³-hybridized carbons (Fsp3) is 0.500. The van der Waals surface area contributed by atoms with Crippen molar-refractivity contribution in [3.8, 4) is 5.75 Å². The van der Waals surface area contributed by atoms with Gasteiger partial charge in [0, 0.05) is 13.0 Å². The zero-order valence-electron chi connectivity index (χ0n) is 13.1. The number of nitrogens with one attached hydrogen (secondary N) is 1. The zero-order chi connectivity index (χ0) is 16.8. The number of benzene rings is 1. The first-order chi connectivity index (χ1) is 10.3. The average Bonchev–Trinajstić information content (AvgIpc) is 2.45. The lowest BCUT2D eigenvalue weighted by Gasteiger charge is -2.18. The van der Waals surface area contributed by atoms with Gasteiger partial charge < -0.3 is 15.2 Å². The largest absolute Gasteiger partial charge is 0.494 e. The molecule has 22 heavy (non-hydrogen) atoms. The van der Waals surface area contributed by atoms with E-state index in [0.29, 0.717) is 24.9 Å². The minimum Gasteiger partial charge on any atom is -0.494 e. The molecule has 6 heteroatoms. The van der Waals surface area contributed by atoms with E-state index in [2.05, 4.69) is 5.32 Å². The number of carbonyl (C=O) groups is 2. The second-order valence-corrected chi connectivity index (χ2v) is 5.76. The Morgan fingerprint density at radius 3 is 2.59 bits per heavy atom. The lowest BCUT2D eigenvalue weighted by molar-refractivity contribution is -0.147. The minimum atomic E-state index is -0.893. The molecular formula is C16H22FNO4. The molecule has 0 aliphatic heterocycles. The first-order valence-corrected chi connectivity index (χ1v) is 7.09. The smallest absolute Gasteiger partial charge is 0.309 e. The Labute approximate surface area is 129 Å². The van der Waals surface area contributed by atoms with Crippen molar-refractivity contribution in [2.24, 2.45) is 5.41 Å². The van der Waals surface area contributed by atoms with Gasteiger partial charge in [-0.3, -0.25) is 9.59 Å². The predicted molar refractivity (Wildman–Crippen MR) is 80.3 cm³/mol. The molecule has 0 saturated heterocycles. The highest BCUT2D eigenvalue weighted by Crippen LogP contribution is 2.20. The summed E-state index contributed by atoms with van der Waals surface area (Å²) in [5.41, 5.74) is -0.161. The molecule has 0 radical (unpaired) electrons. The summed E-state index contributed by atoms with van der Waals surface area (Å²) in [6, 6.07) is 4.58. The van der Waals surface area contributed by atoms with E-state index in [4.69, 9.17) is 9.84 Å². The summed E-state index contributed by atoms with van der Waals surface area (Å²) in [6.07, 6.45) is 0.986. The minimum absolute atomic E-state index is 0.170. The van der Waals surface area contributed by atoms with Crippen LogP contribution in [0.2, 0.25) is 0 Å². The second-order valence-electron chi connectivity index (χ2n) is 5.76. The molecule has 1 amide bonds. The van der Waals surface area contributed by atoms with E-state index >= 15 is 0 Å². The maximum absolute atomic E-state index is 13.5. The van der Waals surface area contributed by atoms with Crippen LogP contribution in [0.15, 0.2) is 18.2 Å². The number of carboxylic acids is 1. The van der Waals surface area contributed by atoms with E-state index in [1.54, 1.807) is 19.9 Å². The molecule has 1 rings (SSSR count). The van der Waals surface area contributed by atoms with Gasteiger partial charge in [-0.1, -0.05) is 6.07 Å². The zero-order valence-corrected chi connectivity index (χ0v) is 13.1. The van der Waals surface area contributed by atoms with Gasteiger partial charge in [-0.05, 0) is 44.4 Å². The second kappa shape index (κ2) is 7.77. The van der Waals surface area contributed by atoms with Gasteiger partial charge in [0.1, 0.15) is 0 Å². The first-order valence-electron chi connectivity index (χ1n) is 7.09. The Kier molecular flexibility index (Phi) is 6.34. The van der Waals surface area contributed by atoms with Crippen LogP contribution in [-0.2, 0) is 16.0 Å². The molecule has 0 atom stereocenters. The topological polar surface area (TPSA) is 75.6 Å². The number of amides is 1. The van der Waals surface area contributed by atoms with Gasteiger partial charge in [-0.25, -0.2) is 4.39 Å². The molecule has 0 spiro atoms. The molecule has 1 aromatic rings. The molecule has 1 aromatic carbocycles. The van der Waals surface area contributed by atoms with Crippen molar-refractivity contribution in [2.45, 2.75) is 33.1 Å². The number of ether oxygens (including phenoxy) is 1. The van der Waals surface area contributed by atoms with Crippen LogP contribution in [-0.4, -0.2) is 30.6 Å². The van der Waals surface area contributed by atoms with Gasteiger partial charge in [-0.2, -0.15) is 0 Å². The van der Waals surface area contributed by atoms with Crippen molar-refractivity contribution >= 4 is 11.9 Å². The van der Waals surface area contributed by atoms with Crippen LogP contribution in [0.1, 0.15) is 32.3 Å². The van der Waals surface area contributed by atoms with Crippen molar-refractivity contribution in [2.75, 3.05) is 13.7 Å². The average molecular weight is 311 g/mol. The van der Waals surface area contributed by atoms with Crippen molar-refractivity contribution in [1.29, 1.82) is 0 Å². The van der Waals surface area contributed by atoms with E-state index in [9.17, 15) is 14.0 Å². The fourth-order valence-corrected chi connectivity index (χ4v) is 1.83. The van der Waals surface area contributed by atoms with Gasteiger partial charge in [-0.15, -0.1) is 0 Å². The molecule has 0 fully saturated rings. The van der Waals surface area contributed by atoms with Gasteiger partial charge in [0.25, 0.3) is 0 Å². The van der Waals surface area contributed by atoms with E-state index < -0.39 is 17.2 Å². The first kappa shape index (κ1) is 17.9. The number of aliphatic carboxylic acids is 1. The van der Waals surface area contributed by atoms with E-state index in [-0.39, 0.29) is 18.1 Å². The Morgan fingerprint density at radius 2 is 2.05 bits per heavy atom. The molecule has 0 aromatic heterocycles. The highest BCUT2D eigenvalue weighted by atomic mass is 19.1. The standard InChI is InChI=1S/C16H22FNO4/c1-16(2,15(20)21)8-9-18-14(19)7-5-11-4-6-13(22-3)12(17)10-11/h4,6,10H,5,7-9H2,1-3H3,(H,18,19)(H,20,21). The maximum atomic E-state index is 13.5. The number of halogens is 1. The van der Waals surface area contributed by atoms with Crippen molar-refractivity contribution < 1.29 is 23.8 Å². The third kappa shape index (κ3) is 5.35. The summed E-state index contributed by atoms with van der Waals surface area (Å²) in [4.78, 5) is 22.6. The van der Waals surface area contributed by atoms with E-state index in [0.717, 1.165) is 0 Å². The lowest BCUT2D eigenvalue weighted by atomic mass is 9.90. The fourth-order valence-electron chi connectivity index (χ4n) is 1.83. The quantitative estimate of drug-likeness (QED) is 0.773. The summed E-state index contributed by atoms with van der Waals surface area (Å²) in [6.45, 7) is 3.53. The number of rotatable bonds is 8. The molecule has 0 unspecified atom stereocenters. The van der Waals surface area contributed by atoms with Gasteiger partial charge in [0.15, 0.2) is 11.6 Å². The summed E-state index contributed by atoms with van der Waals surface area (Å²) in [7, 11) is 1.39. The molecule has 0 aliphatic carbocycles. The van der Waals surface area contributed by atoms with Gasteiger partial charge in [0.05, 0.1) is 12.5 Å². The molecular weight excluding hydrogens is 289 g/mol. The summed E-state index contributed by atoms with van der Waals surface area (Å²) >= 11 is 0. The summed E-state index contributed by atoms with van der Waals surface area (Å²) in [5, 5.41) is 11.6. The number of methoxy groups -OCH3 is 1. The predicted octanol–water partition coefficient (Wildman–Crippen LogP) is 2.38. The SMILES string of the molecule is COc1ccc(CCC(=O)NCCC(C)(C)C(=O)O)cc1F. The number of hydrogen-bond donors (Lipinski definition) is 2. The Morgan fingerprint density at radius 1 is 1.36 bits per heavy atom. The summed E-state index contributed by atoms with van der Waals surface area (Å²) in [5.74, 6) is -1.36. The van der Waals surface area contributed by atoms with Crippen LogP contribution in [0, 0.1) is 11.2 Å². The molecule has 0 saturated carbocycles. The highest BCUT2D eigenvalue weighted by Gasteiger charge is 2.26. The number of hydrogen-bond acceptors (Lipinski definition) is 3. The van der Waals surface area contributed by atoms with Crippen LogP contribution in [0.5, 0.6) is 5.75 Å². The molecule has 2 N–H and O–H groups in total. The van der Waals surface area contributed by atoms with Crippen LogP contribution < -0.4 is 10.1 Å². The number of carbonyl (C=O) groups excluding carboxylic acids is 1.